The van der Waals surface area contributed by atoms with Gasteiger partial charge < -0.3 is 24.4 Å². The molecule has 5 rings (SSSR count). The third-order valence-electron chi connectivity index (χ3n) is 8.80. The topological polar surface area (TPSA) is 96.4 Å². The van der Waals surface area contributed by atoms with Crippen molar-refractivity contribution >= 4 is 35.1 Å². The smallest absolute Gasteiger partial charge is 0.312 e. The largest absolute Gasteiger partial charge is 0.466 e. The Bertz CT molecular complexity index is 1290. The zero-order valence-corrected chi connectivity index (χ0v) is 23.5. The molecule has 8 nitrogen and oxygen atoms in total. The molecule has 3 heterocycles. The molecule has 2 unspecified atom stereocenters. The van der Waals surface area contributed by atoms with Gasteiger partial charge in [-0.05, 0) is 56.0 Å². The summed E-state index contributed by atoms with van der Waals surface area (Å²) in [5.74, 6) is -3.01. The quantitative estimate of drug-likeness (QED) is 0.340. The molecule has 2 aromatic rings. The van der Waals surface area contributed by atoms with Crippen LogP contribution in [0.15, 0.2) is 67.3 Å². The highest BCUT2D eigenvalue weighted by Gasteiger charge is 2.79. The second-order valence-corrected chi connectivity index (χ2v) is 11.1. The second-order valence-electron chi connectivity index (χ2n) is 10.7. The summed E-state index contributed by atoms with van der Waals surface area (Å²) in [6, 6.07) is 14.1. The number of benzene rings is 2. The Kier molecular flexibility index (Phi) is 7.79. The van der Waals surface area contributed by atoms with Crippen LogP contribution in [0.5, 0.6) is 0 Å². The molecule has 0 saturated carbocycles. The number of ether oxygens (including phenoxy) is 2. The van der Waals surface area contributed by atoms with Crippen LogP contribution >= 0.6 is 11.6 Å². The number of anilines is 1. The molecule has 40 heavy (non-hydrogen) atoms. The molecule has 3 saturated heterocycles. The Morgan fingerprint density at radius 2 is 1.90 bits per heavy atom. The standard InChI is InChI=1S/C31H35ClN2O6/c1-4-18-33(22-14-12-21(32)13-15-22)28(37)26-31-17-16-30(5-2,40-31)25(29(38)39-6-3)24(31)27(36)34(26)23(19-35)20-10-8-7-9-11-20/h4,7-15,23-26,35H,1,5-6,16-19H2,2-3H3/t23-,24+,25-,26?,30+,31?/m1/s1. The number of likely N-dealkylation sites (tertiary alicyclic amines) is 1. The van der Waals surface area contributed by atoms with Crippen LogP contribution in [-0.2, 0) is 23.9 Å². The lowest BCUT2D eigenvalue weighted by molar-refractivity contribution is -0.161. The van der Waals surface area contributed by atoms with Crippen LogP contribution in [0.25, 0.3) is 0 Å². The lowest BCUT2D eigenvalue weighted by Gasteiger charge is -2.39. The monoisotopic (exact) mass is 566 g/mol. The number of hydrogen-bond donors (Lipinski definition) is 1. The van der Waals surface area contributed by atoms with E-state index in [4.69, 9.17) is 21.1 Å². The van der Waals surface area contributed by atoms with Crippen LogP contribution in [0.2, 0.25) is 5.02 Å². The number of aliphatic hydroxyl groups excluding tert-OH is 1. The summed E-state index contributed by atoms with van der Waals surface area (Å²) < 4.78 is 12.3. The van der Waals surface area contributed by atoms with Gasteiger partial charge in [0.05, 0.1) is 30.8 Å². The number of halogens is 1. The molecular formula is C31H35ClN2O6. The van der Waals surface area contributed by atoms with Gasteiger partial charge in [-0.25, -0.2) is 0 Å². The van der Waals surface area contributed by atoms with Crippen molar-refractivity contribution in [3.63, 3.8) is 0 Å². The minimum Gasteiger partial charge on any atom is -0.466 e. The van der Waals surface area contributed by atoms with Gasteiger partial charge in [0.1, 0.15) is 17.6 Å². The molecule has 3 aliphatic heterocycles. The van der Waals surface area contributed by atoms with E-state index in [1.54, 1.807) is 42.2 Å². The summed E-state index contributed by atoms with van der Waals surface area (Å²) in [5.41, 5.74) is -0.888. The van der Waals surface area contributed by atoms with Gasteiger partial charge in [0.25, 0.3) is 5.91 Å². The van der Waals surface area contributed by atoms with E-state index in [-0.39, 0.29) is 25.0 Å². The number of rotatable bonds is 10. The van der Waals surface area contributed by atoms with Crippen molar-refractivity contribution in [3.05, 3.63) is 77.8 Å². The molecule has 2 aromatic carbocycles. The van der Waals surface area contributed by atoms with Crippen molar-refractivity contribution in [2.75, 3.05) is 24.7 Å². The number of aliphatic hydroxyl groups is 1. The SMILES string of the molecule is C=CCN(C(=O)C1N([C@H](CO)c2ccccc2)C(=O)[C@@H]2[C@H](C(=O)OCC)[C@]3(CC)CCC12O3)c1ccc(Cl)cc1. The van der Waals surface area contributed by atoms with Gasteiger partial charge in [-0.2, -0.15) is 0 Å². The Balaban J connectivity index is 1.68. The number of carbonyl (C=O) groups excluding carboxylic acids is 3. The predicted molar refractivity (Wildman–Crippen MR) is 151 cm³/mol. The highest BCUT2D eigenvalue weighted by molar-refractivity contribution is 6.30. The van der Waals surface area contributed by atoms with Crippen molar-refractivity contribution in [2.45, 2.75) is 56.4 Å². The normalized spacial score (nSPS) is 29.2. The second kappa shape index (κ2) is 11.0. The Morgan fingerprint density at radius 1 is 1.20 bits per heavy atom. The van der Waals surface area contributed by atoms with E-state index in [1.165, 1.54) is 4.90 Å². The fourth-order valence-electron chi connectivity index (χ4n) is 7.11. The summed E-state index contributed by atoms with van der Waals surface area (Å²) >= 11 is 6.13. The first-order chi connectivity index (χ1) is 19.3. The maximum atomic E-state index is 14.7. The molecule has 1 spiro atoms. The van der Waals surface area contributed by atoms with E-state index in [0.29, 0.717) is 35.5 Å². The summed E-state index contributed by atoms with van der Waals surface area (Å²) in [4.78, 5) is 45.7. The van der Waals surface area contributed by atoms with Crippen molar-refractivity contribution in [3.8, 4) is 0 Å². The number of esters is 1. The summed E-state index contributed by atoms with van der Waals surface area (Å²) in [6.07, 6.45) is 3.06. The van der Waals surface area contributed by atoms with Crippen LogP contribution in [0, 0.1) is 11.8 Å². The van der Waals surface area contributed by atoms with Gasteiger partial charge in [-0.1, -0.05) is 54.9 Å². The van der Waals surface area contributed by atoms with Gasteiger partial charge >= 0.3 is 5.97 Å². The zero-order valence-electron chi connectivity index (χ0n) is 22.8. The molecule has 3 aliphatic rings. The fourth-order valence-corrected chi connectivity index (χ4v) is 7.24. The van der Waals surface area contributed by atoms with E-state index in [2.05, 4.69) is 6.58 Å². The van der Waals surface area contributed by atoms with Crippen molar-refractivity contribution in [1.29, 1.82) is 0 Å². The predicted octanol–water partition coefficient (Wildman–Crippen LogP) is 4.31. The van der Waals surface area contributed by atoms with Crippen LogP contribution in [0.4, 0.5) is 5.69 Å². The van der Waals surface area contributed by atoms with Crippen molar-refractivity contribution in [1.82, 2.24) is 4.90 Å². The van der Waals surface area contributed by atoms with E-state index in [1.807, 2.05) is 37.3 Å². The molecule has 0 radical (unpaired) electrons. The molecule has 0 aromatic heterocycles. The van der Waals surface area contributed by atoms with E-state index >= 15 is 0 Å². The Morgan fingerprint density at radius 3 is 2.50 bits per heavy atom. The molecule has 0 aliphatic carbocycles. The minimum atomic E-state index is -1.25. The van der Waals surface area contributed by atoms with Crippen LogP contribution in [0.1, 0.15) is 44.7 Å². The molecule has 9 heteroatoms. The first-order valence-corrected chi connectivity index (χ1v) is 14.2. The Hall–Kier alpha value is -3.20. The lowest BCUT2D eigenvalue weighted by atomic mass is 9.65. The van der Waals surface area contributed by atoms with Gasteiger partial charge in [-0.3, -0.25) is 14.4 Å². The molecule has 3 fully saturated rings. The number of hydrogen-bond acceptors (Lipinski definition) is 6. The molecule has 1 N–H and O–H groups in total. The van der Waals surface area contributed by atoms with Crippen molar-refractivity contribution in [2.24, 2.45) is 11.8 Å². The fraction of sp³-hybridized carbons (Fsp3) is 0.452. The molecule has 2 amide bonds. The first-order valence-electron chi connectivity index (χ1n) is 13.8. The van der Waals surface area contributed by atoms with Crippen LogP contribution in [0.3, 0.4) is 0 Å². The van der Waals surface area contributed by atoms with Gasteiger partial charge in [-0.15, -0.1) is 6.58 Å². The maximum Gasteiger partial charge on any atom is 0.312 e. The molecule has 2 bridgehead atoms. The summed E-state index contributed by atoms with van der Waals surface area (Å²) in [5, 5.41) is 11.2. The summed E-state index contributed by atoms with van der Waals surface area (Å²) in [6.45, 7) is 7.44. The van der Waals surface area contributed by atoms with E-state index in [9.17, 15) is 19.5 Å². The lowest BCUT2D eigenvalue weighted by Crippen LogP contribution is -2.57. The average Bonchev–Trinajstić information content (AvgIpc) is 3.57. The summed E-state index contributed by atoms with van der Waals surface area (Å²) in [7, 11) is 0. The first kappa shape index (κ1) is 28.3. The van der Waals surface area contributed by atoms with E-state index < -0.39 is 47.7 Å². The number of carbonyl (C=O) groups is 3. The third-order valence-corrected chi connectivity index (χ3v) is 9.05. The average molecular weight is 567 g/mol. The van der Waals surface area contributed by atoms with Crippen molar-refractivity contribution < 1.29 is 29.0 Å². The minimum absolute atomic E-state index is 0.169. The molecular weight excluding hydrogens is 532 g/mol. The number of nitrogens with zero attached hydrogens (tertiary/aromatic N) is 2. The highest BCUT2D eigenvalue weighted by Crippen LogP contribution is 2.65. The van der Waals surface area contributed by atoms with Gasteiger partial charge in [0.15, 0.2) is 0 Å². The van der Waals surface area contributed by atoms with E-state index in [0.717, 1.165) is 0 Å². The van der Waals surface area contributed by atoms with Gasteiger partial charge in [0, 0.05) is 17.3 Å². The third kappa shape index (κ3) is 4.24. The van der Waals surface area contributed by atoms with Crippen LogP contribution < -0.4 is 4.90 Å². The number of amides is 2. The Labute approximate surface area is 239 Å². The highest BCUT2D eigenvalue weighted by atomic mass is 35.5. The van der Waals surface area contributed by atoms with Crippen LogP contribution in [-0.4, -0.2) is 64.8 Å². The zero-order chi connectivity index (χ0) is 28.7. The maximum absolute atomic E-state index is 14.7. The number of fused-ring (bicyclic) bond motifs is 1. The van der Waals surface area contributed by atoms with Gasteiger partial charge in [0.2, 0.25) is 5.91 Å². The molecule has 6 atom stereocenters. The molecule has 212 valence electrons.